The van der Waals surface area contributed by atoms with E-state index in [-0.39, 0.29) is 0 Å². The van der Waals surface area contributed by atoms with Gasteiger partial charge in [0.1, 0.15) is 0 Å². The number of rotatable bonds is 8. The SMILES string of the molecule is CCCCC(COC)NCc1cc(Br)cs1. The number of methoxy groups -OCH3 is 1. The van der Waals surface area contributed by atoms with Gasteiger partial charge in [0.2, 0.25) is 0 Å². The van der Waals surface area contributed by atoms with Crippen LogP contribution in [0, 0.1) is 0 Å². The molecule has 0 saturated heterocycles. The number of nitrogens with one attached hydrogen (secondary N) is 1. The summed E-state index contributed by atoms with van der Waals surface area (Å²) in [7, 11) is 1.77. The van der Waals surface area contributed by atoms with E-state index in [0.717, 1.165) is 13.2 Å². The minimum Gasteiger partial charge on any atom is -0.383 e. The average Bonchev–Trinajstić information content (AvgIpc) is 2.68. The van der Waals surface area contributed by atoms with Crippen molar-refractivity contribution in [3.8, 4) is 0 Å². The lowest BCUT2D eigenvalue weighted by Gasteiger charge is -2.16. The Balaban J connectivity index is 2.30. The molecule has 1 N–H and O–H groups in total. The number of hydrogen-bond donors (Lipinski definition) is 1. The minimum atomic E-state index is 0.478. The fraction of sp³-hybridized carbons (Fsp3) is 0.667. The Labute approximate surface area is 111 Å². The molecule has 2 nitrogen and oxygen atoms in total. The number of halogens is 1. The molecule has 0 saturated carbocycles. The fourth-order valence-corrected chi connectivity index (χ4v) is 2.99. The van der Waals surface area contributed by atoms with E-state index in [0.29, 0.717) is 6.04 Å². The summed E-state index contributed by atoms with van der Waals surface area (Å²) in [6, 6.07) is 2.65. The van der Waals surface area contributed by atoms with Gasteiger partial charge in [-0.3, -0.25) is 0 Å². The molecule has 0 aliphatic carbocycles. The first kappa shape index (κ1) is 14.2. The lowest BCUT2D eigenvalue weighted by molar-refractivity contribution is 0.161. The van der Waals surface area contributed by atoms with Crippen LogP contribution in [0.2, 0.25) is 0 Å². The van der Waals surface area contributed by atoms with Crippen LogP contribution in [0.3, 0.4) is 0 Å². The van der Waals surface area contributed by atoms with Crippen LogP contribution in [0.4, 0.5) is 0 Å². The number of hydrogen-bond acceptors (Lipinski definition) is 3. The van der Waals surface area contributed by atoms with Gasteiger partial charge in [-0.05, 0) is 28.4 Å². The van der Waals surface area contributed by atoms with Crippen molar-refractivity contribution in [1.29, 1.82) is 0 Å². The number of ether oxygens (including phenoxy) is 1. The zero-order valence-corrected chi connectivity index (χ0v) is 12.4. The standard InChI is InChI=1S/C12H20BrNOS/c1-3-4-5-11(8-15-2)14-7-12-6-10(13)9-16-12/h6,9,11,14H,3-5,7-8H2,1-2H3. The van der Waals surface area contributed by atoms with Crippen molar-refractivity contribution in [2.45, 2.75) is 38.8 Å². The third kappa shape index (κ3) is 5.43. The highest BCUT2D eigenvalue weighted by molar-refractivity contribution is 9.10. The largest absolute Gasteiger partial charge is 0.383 e. The lowest BCUT2D eigenvalue weighted by Crippen LogP contribution is -2.32. The minimum absolute atomic E-state index is 0.478. The van der Waals surface area contributed by atoms with E-state index >= 15 is 0 Å². The second-order valence-electron chi connectivity index (χ2n) is 3.91. The Morgan fingerprint density at radius 3 is 2.94 bits per heavy atom. The van der Waals surface area contributed by atoms with Crippen LogP contribution >= 0.6 is 27.3 Å². The maximum absolute atomic E-state index is 5.23. The number of unbranched alkanes of at least 4 members (excludes halogenated alkanes) is 1. The highest BCUT2D eigenvalue weighted by Crippen LogP contribution is 2.19. The van der Waals surface area contributed by atoms with E-state index in [9.17, 15) is 0 Å². The molecule has 1 aromatic heterocycles. The van der Waals surface area contributed by atoms with Crippen molar-refractivity contribution in [3.05, 3.63) is 20.8 Å². The first-order valence-electron chi connectivity index (χ1n) is 5.71. The van der Waals surface area contributed by atoms with E-state index in [2.05, 4.69) is 39.6 Å². The molecular weight excluding hydrogens is 286 g/mol. The van der Waals surface area contributed by atoms with Crippen LogP contribution < -0.4 is 5.32 Å². The van der Waals surface area contributed by atoms with Gasteiger partial charge in [0.05, 0.1) is 6.61 Å². The molecule has 1 rings (SSSR count). The predicted octanol–water partition coefficient (Wildman–Crippen LogP) is 3.81. The maximum Gasteiger partial charge on any atom is 0.0615 e. The molecule has 0 aromatic carbocycles. The van der Waals surface area contributed by atoms with Gasteiger partial charge in [-0.1, -0.05) is 19.8 Å². The van der Waals surface area contributed by atoms with E-state index < -0.39 is 0 Å². The first-order chi connectivity index (χ1) is 7.76. The van der Waals surface area contributed by atoms with Crippen molar-refractivity contribution in [2.75, 3.05) is 13.7 Å². The van der Waals surface area contributed by atoms with Gasteiger partial charge in [0.25, 0.3) is 0 Å². The summed E-state index contributed by atoms with van der Waals surface area (Å²) in [5.74, 6) is 0. The van der Waals surface area contributed by atoms with Gasteiger partial charge in [-0.2, -0.15) is 0 Å². The van der Waals surface area contributed by atoms with Crippen molar-refractivity contribution in [2.24, 2.45) is 0 Å². The molecular formula is C12H20BrNOS. The van der Waals surface area contributed by atoms with Gasteiger partial charge in [0, 0.05) is 34.4 Å². The molecule has 4 heteroatoms. The smallest absolute Gasteiger partial charge is 0.0615 e. The monoisotopic (exact) mass is 305 g/mol. The number of thiophene rings is 1. The zero-order chi connectivity index (χ0) is 11.8. The molecule has 1 atom stereocenters. The van der Waals surface area contributed by atoms with Gasteiger partial charge in [0.15, 0.2) is 0 Å². The van der Waals surface area contributed by atoms with Crippen molar-refractivity contribution >= 4 is 27.3 Å². The quantitative estimate of drug-likeness (QED) is 0.788. The summed E-state index contributed by atoms with van der Waals surface area (Å²) < 4.78 is 6.40. The molecule has 0 amide bonds. The molecule has 1 unspecified atom stereocenters. The maximum atomic E-state index is 5.23. The Kier molecular flexibility index (Phi) is 7.28. The van der Waals surface area contributed by atoms with Crippen LogP contribution in [-0.2, 0) is 11.3 Å². The van der Waals surface area contributed by atoms with E-state index in [1.165, 1.54) is 28.6 Å². The third-order valence-electron chi connectivity index (χ3n) is 2.46. The van der Waals surface area contributed by atoms with Crippen molar-refractivity contribution in [3.63, 3.8) is 0 Å². The summed E-state index contributed by atoms with van der Waals surface area (Å²) in [5.41, 5.74) is 0. The first-order valence-corrected chi connectivity index (χ1v) is 7.38. The van der Waals surface area contributed by atoms with Crippen LogP contribution in [0.5, 0.6) is 0 Å². The second kappa shape index (κ2) is 8.23. The lowest BCUT2D eigenvalue weighted by atomic mass is 10.1. The molecule has 0 spiro atoms. The molecule has 0 fully saturated rings. The summed E-state index contributed by atoms with van der Waals surface area (Å²) >= 11 is 5.25. The summed E-state index contributed by atoms with van der Waals surface area (Å²) in [4.78, 5) is 1.37. The average molecular weight is 306 g/mol. The van der Waals surface area contributed by atoms with Gasteiger partial charge >= 0.3 is 0 Å². The summed E-state index contributed by atoms with van der Waals surface area (Å²) in [6.07, 6.45) is 3.69. The van der Waals surface area contributed by atoms with Crippen LogP contribution in [0.15, 0.2) is 15.9 Å². The van der Waals surface area contributed by atoms with E-state index in [4.69, 9.17) is 4.74 Å². The summed E-state index contributed by atoms with van der Waals surface area (Å²) in [5, 5.41) is 5.67. The molecule has 1 aromatic rings. The van der Waals surface area contributed by atoms with Crippen LogP contribution in [-0.4, -0.2) is 19.8 Å². The zero-order valence-electron chi connectivity index (χ0n) is 9.96. The van der Waals surface area contributed by atoms with Crippen LogP contribution in [0.25, 0.3) is 0 Å². The molecule has 0 aliphatic rings. The van der Waals surface area contributed by atoms with E-state index in [1.807, 2.05) is 0 Å². The van der Waals surface area contributed by atoms with Crippen molar-refractivity contribution < 1.29 is 4.74 Å². The van der Waals surface area contributed by atoms with Crippen LogP contribution in [0.1, 0.15) is 31.1 Å². The van der Waals surface area contributed by atoms with Gasteiger partial charge in [-0.25, -0.2) is 0 Å². The molecule has 0 radical (unpaired) electrons. The van der Waals surface area contributed by atoms with E-state index in [1.54, 1.807) is 18.4 Å². The predicted molar refractivity (Wildman–Crippen MR) is 74.0 cm³/mol. The highest BCUT2D eigenvalue weighted by Gasteiger charge is 2.07. The fourth-order valence-electron chi connectivity index (χ4n) is 1.59. The molecule has 0 bridgehead atoms. The summed E-state index contributed by atoms with van der Waals surface area (Å²) in [6.45, 7) is 3.96. The second-order valence-corrected chi connectivity index (χ2v) is 5.82. The third-order valence-corrected chi connectivity index (χ3v) is 4.16. The molecule has 0 aliphatic heterocycles. The highest BCUT2D eigenvalue weighted by atomic mass is 79.9. The molecule has 1 heterocycles. The molecule has 16 heavy (non-hydrogen) atoms. The Morgan fingerprint density at radius 1 is 1.56 bits per heavy atom. The topological polar surface area (TPSA) is 21.3 Å². The van der Waals surface area contributed by atoms with Crippen molar-refractivity contribution in [1.82, 2.24) is 5.32 Å². The Hall–Kier alpha value is 0.1000. The Morgan fingerprint density at radius 2 is 2.38 bits per heavy atom. The normalized spacial score (nSPS) is 12.9. The molecule has 92 valence electrons. The Bertz CT molecular complexity index is 290. The van der Waals surface area contributed by atoms with Gasteiger partial charge in [-0.15, -0.1) is 11.3 Å². The van der Waals surface area contributed by atoms with Gasteiger partial charge < -0.3 is 10.1 Å².